The minimum Gasteiger partial charge on any atom is -0.478 e. The number of nitrogens with one attached hydrogen (secondary N) is 1. The van der Waals surface area contributed by atoms with Gasteiger partial charge in [0.05, 0.1) is 11.9 Å². The van der Waals surface area contributed by atoms with Gasteiger partial charge in [0.2, 0.25) is 12.0 Å². The van der Waals surface area contributed by atoms with Gasteiger partial charge in [-0.25, -0.2) is 19.6 Å². The van der Waals surface area contributed by atoms with Crippen molar-refractivity contribution in [2.75, 3.05) is 5.32 Å². The van der Waals surface area contributed by atoms with E-state index in [4.69, 9.17) is 16.2 Å². The van der Waals surface area contributed by atoms with Gasteiger partial charge in [0.25, 0.3) is 5.56 Å². The average Bonchev–Trinajstić information content (AvgIpc) is 2.60. The van der Waals surface area contributed by atoms with Gasteiger partial charge in [-0.1, -0.05) is 30.3 Å². The zero-order valence-electron chi connectivity index (χ0n) is 16.1. The van der Waals surface area contributed by atoms with Crippen molar-refractivity contribution in [1.29, 1.82) is 0 Å². The zero-order valence-corrected chi connectivity index (χ0v) is 16.1. The van der Waals surface area contributed by atoms with Crippen LogP contribution in [0.1, 0.15) is 26.9 Å². The number of amides is 1. The second-order valence-corrected chi connectivity index (χ2v) is 6.93. The van der Waals surface area contributed by atoms with Gasteiger partial charge < -0.3 is 21.3 Å². The number of carboxylic acid groups (broad SMARTS) is 1. The van der Waals surface area contributed by atoms with Crippen LogP contribution in [0.25, 0.3) is 11.3 Å². The van der Waals surface area contributed by atoms with Crippen LogP contribution in [-0.2, 0) is 9.53 Å². The number of aliphatic carboxylic acids is 1. The Kier molecular flexibility index (Phi) is 6.22. The Morgan fingerprint density at radius 1 is 1.24 bits per heavy atom. The zero-order chi connectivity index (χ0) is 21.8. The van der Waals surface area contributed by atoms with Gasteiger partial charge in [0.15, 0.2) is 5.96 Å². The molecule has 0 saturated carbocycles. The lowest BCUT2D eigenvalue weighted by Gasteiger charge is -2.20. The third-order valence-corrected chi connectivity index (χ3v) is 3.42. The second-order valence-electron chi connectivity index (χ2n) is 6.93. The first kappa shape index (κ1) is 21.4. The molecule has 1 unspecified atom stereocenters. The highest BCUT2D eigenvalue weighted by Crippen LogP contribution is 2.22. The number of nitrogens with two attached hydrogens (primary N) is 2. The number of guanidine groups is 1. The van der Waals surface area contributed by atoms with Crippen LogP contribution in [0.3, 0.4) is 0 Å². The van der Waals surface area contributed by atoms with Crippen molar-refractivity contribution in [3.8, 4) is 11.3 Å². The molecule has 0 aliphatic heterocycles. The molecule has 1 aromatic heterocycles. The van der Waals surface area contributed by atoms with Crippen LogP contribution in [0.15, 0.2) is 46.3 Å². The summed E-state index contributed by atoms with van der Waals surface area (Å²) in [6.45, 7) is 4.95. The first-order valence-electron chi connectivity index (χ1n) is 8.48. The molecule has 0 bridgehead atoms. The number of aliphatic imine (C=N–C) groups is 1. The Balaban J connectivity index is 2.65. The molecule has 0 saturated heterocycles. The van der Waals surface area contributed by atoms with E-state index in [1.54, 1.807) is 51.1 Å². The summed E-state index contributed by atoms with van der Waals surface area (Å²) in [4.78, 5) is 44.4. The van der Waals surface area contributed by atoms with E-state index < -0.39 is 41.2 Å². The minimum absolute atomic E-state index is 0.141. The van der Waals surface area contributed by atoms with Gasteiger partial charge in [-0.3, -0.25) is 14.7 Å². The van der Waals surface area contributed by atoms with E-state index in [0.29, 0.717) is 5.56 Å². The fraction of sp³-hybridized carbons (Fsp3) is 0.278. The summed E-state index contributed by atoms with van der Waals surface area (Å²) < 4.78 is 5.93. The number of aromatic nitrogens is 2. The molecule has 0 aliphatic carbocycles. The number of benzene rings is 1. The molecule has 11 nitrogen and oxygen atoms in total. The molecule has 0 radical (unpaired) electrons. The van der Waals surface area contributed by atoms with Crippen LogP contribution in [-0.4, -0.2) is 38.3 Å². The molecule has 0 spiro atoms. The maximum absolute atomic E-state index is 13.0. The van der Waals surface area contributed by atoms with E-state index in [0.717, 1.165) is 4.57 Å². The van der Waals surface area contributed by atoms with Gasteiger partial charge in [0, 0.05) is 0 Å². The Morgan fingerprint density at radius 3 is 2.38 bits per heavy atom. The summed E-state index contributed by atoms with van der Waals surface area (Å²) in [6.07, 6.45) is -1.46. The van der Waals surface area contributed by atoms with Crippen LogP contribution < -0.4 is 22.3 Å². The molecule has 6 N–H and O–H groups in total. The second kappa shape index (κ2) is 8.42. The molecule has 2 rings (SSSR count). The number of carbonyl (C=O) groups excluding carboxylic acids is 1. The topological polar surface area (TPSA) is 175 Å². The molecule has 1 aromatic carbocycles. The number of rotatable bonds is 5. The Morgan fingerprint density at radius 2 is 1.86 bits per heavy atom. The Hall–Kier alpha value is -3.89. The van der Waals surface area contributed by atoms with Crippen LogP contribution in [0.2, 0.25) is 0 Å². The third-order valence-electron chi connectivity index (χ3n) is 3.42. The van der Waals surface area contributed by atoms with Gasteiger partial charge in [-0.15, -0.1) is 0 Å². The Labute approximate surface area is 166 Å². The number of carboxylic acids is 1. The molecule has 0 aliphatic rings. The normalized spacial score (nSPS) is 12.0. The Bertz CT molecular complexity index is 990. The molecule has 1 atom stereocenters. The number of anilines is 1. The van der Waals surface area contributed by atoms with Crippen LogP contribution in [0.4, 0.5) is 10.6 Å². The molecule has 11 heteroatoms. The van der Waals surface area contributed by atoms with Crippen molar-refractivity contribution in [1.82, 2.24) is 9.55 Å². The number of nitrogens with zero attached hydrogens (tertiary/aromatic N) is 3. The van der Waals surface area contributed by atoms with Crippen LogP contribution in [0.5, 0.6) is 0 Å². The predicted molar refractivity (Wildman–Crippen MR) is 106 cm³/mol. The van der Waals surface area contributed by atoms with E-state index in [-0.39, 0.29) is 5.69 Å². The van der Waals surface area contributed by atoms with Gasteiger partial charge in [0.1, 0.15) is 5.60 Å². The fourth-order valence-corrected chi connectivity index (χ4v) is 2.38. The summed E-state index contributed by atoms with van der Waals surface area (Å²) in [5, 5.41) is 11.8. The van der Waals surface area contributed by atoms with Crippen LogP contribution in [0, 0.1) is 0 Å². The maximum atomic E-state index is 13.0. The summed E-state index contributed by atoms with van der Waals surface area (Å²) in [5.41, 5.74) is 9.59. The maximum Gasteiger partial charge on any atom is 0.413 e. The highest BCUT2D eigenvalue weighted by molar-refractivity contribution is 5.84. The molecule has 154 valence electrons. The molecule has 1 heterocycles. The van der Waals surface area contributed by atoms with Crippen molar-refractivity contribution in [3.63, 3.8) is 0 Å². The molecule has 29 heavy (non-hydrogen) atoms. The van der Waals surface area contributed by atoms with Crippen molar-refractivity contribution in [3.05, 3.63) is 46.9 Å². The third kappa shape index (κ3) is 5.54. The van der Waals surface area contributed by atoms with Crippen molar-refractivity contribution >= 4 is 23.8 Å². The predicted octanol–water partition coefficient (Wildman–Crippen LogP) is 1.11. The fourth-order valence-electron chi connectivity index (χ4n) is 2.38. The van der Waals surface area contributed by atoms with Crippen molar-refractivity contribution in [2.45, 2.75) is 32.5 Å². The summed E-state index contributed by atoms with van der Waals surface area (Å²) in [5.74, 6) is -2.44. The molecule has 2 aromatic rings. The lowest BCUT2D eigenvalue weighted by molar-refractivity contribution is -0.140. The van der Waals surface area contributed by atoms with E-state index in [9.17, 15) is 19.5 Å². The average molecular weight is 402 g/mol. The van der Waals surface area contributed by atoms with Gasteiger partial charge >= 0.3 is 12.1 Å². The van der Waals surface area contributed by atoms with Crippen molar-refractivity contribution in [2.24, 2.45) is 16.5 Å². The first-order valence-corrected chi connectivity index (χ1v) is 8.48. The van der Waals surface area contributed by atoms with Crippen molar-refractivity contribution < 1.29 is 19.4 Å². The molecule has 1 amide bonds. The smallest absolute Gasteiger partial charge is 0.413 e. The van der Waals surface area contributed by atoms with E-state index in [2.05, 4.69) is 15.3 Å². The summed E-state index contributed by atoms with van der Waals surface area (Å²) in [7, 11) is 0. The lowest BCUT2D eigenvalue weighted by Crippen LogP contribution is -2.36. The first-order chi connectivity index (χ1) is 13.5. The van der Waals surface area contributed by atoms with Gasteiger partial charge in [-0.2, -0.15) is 0 Å². The number of ether oxygens (including phenoxy) is 1. The quantitative estimate of drug-likeness (QED) is 0.425. The highest BCUT2D eigenvalue weighted by Gasteiger charge is 2.27. The van der Waals surface area contributed by atoms with E-state index in [1.165, 1.54) is 6.20 Å². The van der Waals surface area contributed by atoms with Crippen LogP contribution >= 0.6 is 0 Å². The molecule has 0 fully saturated rings. The molecular formula is C18H22N6O5. The van der Waals surface area contributed by atoms with Gasteiger partial charge in [-0.05, 0) is 26.3 Å². The largest absolute Gasteiger partial charge is 0.478 e. The summed E-state index contributed by atoms with van der Waals surface area (Å²) in [6, 6.07) is 8.47. The number of hydrogen-bond acceptors (Lipinski definition) is 6. The monoisotopic (exact) mass is 402 g/mol. The highest BCUT2D eigenvalue weighted by atomic mass is 16.6. The standard InChI is InChI=1S/C18H22N6O5/c1-18(2,3)29-17(28)22-12-14(25)24(13(15(26)27)23-16(19)20)11(9-21-12)10-7-5-4-6-8-10/h4-9,13H,1-3H3,(H,26,27)(H4,19,20,23)(H,21,22,28). The van der Waals surface area contributed by atoms with E-state index >= 15 is 0 Å². The number of hydrogen-bond donors (Lipinski definition) is 4. The van der Waals surface area contributed by atoms with E-state index in [1.807, 2.05) is 0 Å². The number of carbonyl (C=O) groups is 2. The lowest BCUT2D eigenvalue weighted by atomic mass is 10.1. The minimum atomic E-state index is -1.77. The summed E-state index contributed by atoms with van der Waals surface area (Å²) >= 11 is 0. The SMILES string of the molecule is CC(C)(C)OC(=O)Nc1ncc(-c2ccccc2)n(C(N=C(N)N)C(=O)O)c1=O. The molecular weight excluding hydrogens is 380 g/mol.